The van der Waals surface area contributed by atoms with Crippen LogP contribution < -0.4 is 5.32 Å². The fourth-order valence-electron chi connectivity index (χ4n) is 6.63. The Hall–Kier alpha value is -0.760. The van der Waals surface area contributed by atoms with E-state index in [-0.39, 0.29) is 19.1 Å². The fraction of sp³-hybridized carbons (Fsp3) is 0.932. The minimum Gasteiger partial charge on any atom is -0.387 e. The zero-order valence-corrected chi connectivity index (χ0v) is 36.7. The molecule has 1 amide bonds. The number of phosphoric acid groups is 1. The van der Waals surface area contributed by atoms with E-state index in [1.807, 2.05) is 27.2 Å². The Morgan fingerprint density at radius 3 is 1.40 bits per heavy atom. The quantitative estimate of drug-likeness (QED) is 0.0247. The van der Waals surface area contributed by atoms with Crippen LogP contribution >= 0.6 is 7.82 Å². The fourth-order valence-corrected chi connectivity index (χ4v) is 7.37. The molecule has 0 aliphatic heterocycles. The third-order valence-electron chi connectivity index (χ3n) is 10.3. The van der Waals surface area contributed by atoms with Crippen LogP contribution in [0.2, 0.25) is 0 Å². The molecule has 3 unspecified atom stereocenters. The van der Waals surface area contributed by atoms with Gasteiger partial charge >= 0.3 is 7.82 Å². The number of carbonyl (C=O) groups is 1. The predicted octanol–water partition coefficient (Wildman–Crippen LogP) is 12.4. The normalized spacial score (nSPS) is 14.5. The third-order valence-corrected chi connectivity index (χ3v) is 11.2. The van der Waals surface area contributed by atoms with Crippen molar-refractivity contribution in [2.45, 2.75) is 225 Å². The van der Waals surface area contributed by atoms with Crippen molar-refractivity contribution in [3.05, 3.63) is 12.2 Å². The molecule has 316 valence electrons. The maximum Gasteiger partial charge on any atom is 0.472 e. The summed E-state index contributed by atoms with van der Waals surface area (Å²) in [5, 5.41) is 13.6. The number of nitrogens with one attached hydrogen (secondary N) is 1. The molecule has 0 bridgehead atoms. The van der Waals surface area contributed by atoms with Gasteiger partial charge in [0.05, 0.1) is 39.9 Å². The van der Waals surface area contributed by atoms with Crippen molar-refractivity contribution in [3.8, 4) is 0 Å². The van der Waals surface area contributed by atoms with Gasteiger partial charge in [-0.05, 0) is 19.3 Å². The Morgan fingerprint density at radius 1 is 0.623 bits per heavy atom. The Bertz CT molecular complexity index is 880. The molecule has 0 aromatic rings. The van der Waals surface area contributed by atoms with Crippen molar-refractivity contribution in [2.24, 2.45) is 0 Å². The minimum absolute atomic E-state index is 0.0629. The smallest absolute Gasteiger partial charge is 0.387 e. The number of amides is 1. The van der Waals surface area contributed by atoms with E-state index in [4.69, 9.17) is 9.05 Å². The largest absolute Gasteiger partial charge is 0.472 e. The lowest BCUT2D eigenvalue weighted by Crippen LogP contribution is -2.45. The molecule has 0 aromatic heterocycles. The van der Waals surface area contributed by atoms with Crippen LogP contribution in [0.4, 0.5) is 0 Å². The summed E-state index contributed by atoms with van der Waals surface area (Å²) in [6.07, 6.45) is 42.5. The second-order valence-corrected chi connectivity index (χ2v) is 18.2. The van der Waals surface area contributed by atoms with Gasteiger partial charge in [-0.3, -0.25) is 13.8 Å². The van der Waals surface area contributed by atoms with Crippen LogP contribution in [0, 0.1) is 0 Å². The van der Waals surface area contributed by atoms with Crippen LogP contribution in [0.1, 0.15) is 213 Å². The molecule has 3 N–H and O–H groups in total. The van der Waals surface area contributed by atoms with E-state index < -0.39 is 20.0 Å². The van der Waals surface area contributed by atoms with E-state index in [0.717, 1.165) is 32.1 Å². The highest BCUT2D eigenvalue weighted by molar-refractivity contribution is 7.47. The zero-order chi connectivity index (χ0) is 39.3. The summed E-state index contributed by atoms with van der Waals surface area (Å²) in [6, 6.07) is -0.836. The number of rotatable bonds is 41. The standard InChI is InChI=1S/C44H89N2O6P/c1-6-8-10-11-12-13-14-15-16-17-18-19-20-21-22-23-24-25-26-27-28-29-30-31-32-33-34-36-37-43(47)42(45-44(48)38-35-9-7-2)41-52-53(49,50)51-40-39-46(3,4)5/h36-37,42-43,47H,6-35,38-41H2,1-5H3,(H-,45,48,49,50)/p+1/b37-36+. The molecule has 0 saturated carbocycles. The van der Waals surface area contributed by atoms with Gasteiger partial charge < -0.3 is 19.8 Å². The molecule has 0 saturated heterocycles. The second-order valence-electron chi connectivity index (χ2n) is 16.8. The SMILES string of the molecule is CCCCCCCCCCCCCCCCCCCCCCCCCCCC/C=C/C(O)C(COP(=O)(O)OCC[N+](C)(C)C)NC(=O)CCCCC. The molecular formula is C44H90N2O6P+. The maximum absolute atomic E-state index is 12.5. The summed E-state index contributed by atoms with van der Waals surface area (Å²) >= 11 is 0. The molecule has 3 atom stereocenters. The highest BCUT2D eigenvalue weighted by Crippen LogP contribution is 2.43. The number of aliphatic hydroxyl groups is 1. The van der Waals surface area contributed by atoms with E-state index in [1.54, 1.807) is 6.08 Å². The van der Waals surface area contributed by atoms with Crippen molar-refractivity contribution < 1.29 is 32.9 Å². The van der Waals surface area contributed by atoms with Gasteiger partial charge in [0.1, 0.15) is 13.2 Å². The van der Waals surface area contributed by atoms with Gasteiger partial charge in [-0.1, -0.05) is 199 Å². The van der Waals surface area contributed by atoms with Gasteiger partial charge in [0.25, 0.3) is 0 Å². The first-order valence-corrected chi connectivity index (χ1v) is 24.1. The van der Waals surface area contributed by atoms with Gasteiger partial charge in [-0.15, -0.1) is 0 Å². The van der Waals surface area contributed by atoms with E-state index in [1.165, 1.54) is 161 Å². The lowest BCUT2D eigenvalue weighted by atomic mass is 10.0. The molecule has 9 heteroatoms. The molecule has 8 nitrogen and oxygen atoms in total. The number of quaternary nitrogens is 1. The summed E-state index contributed by atoms with van der Waals surface area (Å²) in [6.45, 7) is 4.65. The monoisotopic (exact) mass is 774 g/mol. The Kier molecular flexibility index (Phi) is 36.3. The molecule has 53 heavy (non-hydrogen) atoms. The Labute approximate surface area is 329 Å². The third kappa shape index (κ3) is 39.3. The van der Waals surface area contributed by atoms with E-state index in [9.17, 15) is 19.4 Å². The van der Waals surface area contributed by atoms with Crippen LogP contribution in [0.15, 0.2) is 12.2 Å². The van der Waals surface area contributed by atoms with Crippen molar-refractivity contribution in [2.75, 3.05) is 40.9 Å². The van der Waals surface area contributed by atoms with Crippen LogP contribution in [0.5, 0.6) is 0 Å². The Balaban J connectivity index is 3.87. The number of unbranched alkanes of at least 4 members (excludes halogenated alkanes) is 28. The van der Waals surface area contributed by atoms with Crippen LogP contribution in [0.3, 0.4) is 0 Å². The number of phosphoric ester groups is 1. The molecule has 0 fully saturated rings. The lowest BCUT2D eigenvalue weighted by Gasteiger charge is -2.25. The first-order chi connectivity index (χ1) is 25.5. The molecule has 0 aliphatic rings. The van der Waals surface area contributed by atoms with Gasteiger partial charge in [0.15, 0.2) is 0 Å². The van der Waals surface area contributed by atoms with Gasteiger partial charge in [0, 0.05) is 6.42 Å². The lowest BCUT2D eigenvalue weighted by molar-refractivity contribution is -0.870. The van der Waals surface area contributed by atoms with Crippen LogP contribution in [-0.4, -0.2) is 73.4 Å². The summed E-state index contributed by atoms with van der Waals surface area (Å²) in [4.78, 5) is 22.6. The highest BCUT2D eigenvalue weighted by atomic mass is 31.2. The van der Waals surface area contributed by atoms with Crippen molar-refractivity contribution in [3.63, 3.8) is 0 Å². The maximum atomic E-state index is 12.5. The van der Waals surface area contributed by atoms with Crippen molar-refractivity contribution in [1.29, 1.82) is 0 Å². The van der Waals surface area contributed by atoms with Crippen molar-refractivity contribution >= 4 is 13.7 Å². The molecule has 0 spiro atoms. The predicted molar refractivity (Wildman–Crippen MR) is 226 cm³/mol. The minimum atomic E-state index is -4.31. The number of likely N-dealkylation sites (N-methyl/N-ethyl adjacent to an activating group) is 1. The zero-order valence-electron chi connectivity index (χ0n) is 35.8. The molecular weight excluding hydrogens is 683 g/mol. The van der Waals surface area contributed by atoms with Crippen LogP contribution in [-0.2, 0) is 18.4 Å². The van der Waals surface area contributed by atoms with Gasteiger partial charge in [-0.25, -0.2) is 4.57 Å². The van der Waals surface area contributed by atoms with Gasteiger partial charge in [-0.2, -0.15) is 0 Å². The molecule has 0 heterocycles. The highest BCUT2D eigenvalue weighted by Gasteiger charge is 2.27. The summed E-state index contributed by atoms with van der Waals surface area (Å²) in [5.74, 6) is -0.200. The molecule has 0 rings (SSSR count). The number of hydrogen-bond donors (Lipinski definition) is 3. The number of allylic oxidation sites excluding steroid dienone is 1. The first-order valence-electron chi connectivity index (χ1n) is 22.6. The number of aliphatic hydroxyl groups excluding tert-OH is 1. The molecule has 0 radical (unpaired) electrons. The van der Waals surface area contributed by atoms with Gasteiger partial charge in [0.2, 0.25) is 5.91 Å². The second kappa shape index (κ2) is 36.9. The summed E-state index contributed by atoms with van der Waals surface area (Å²) in [5.41, 5.74) is 0. The first kappa shape index (κ1) is 52.2. The molecule has 0 aromatic carbocycles. The number of nitrogens with zero attached hydrogens (tertiary/aromatic N) is 1. The Morgan fingerprint density at radius 2 is 1.00 bits per heavy atom. The van der Waals surface area contributed by atoms with Crippen molar-refractivity contribution in [1.82, 2.24) is 5.32 Å². The summed E-state index contributed by atoms with van der Waals surface area (Å²) < 4.78 is 23.3. The number of hydrogen-bond acceptors (Lipinski definition) is 5. The van der Waals surface area contributed by atoms with E-state index in [0.29, 0.717) is 17.4 Å². The average Bonchev–Trinajstić information content (AvgIpc) is 3.10. The van der Waals surface area contributed by atoms with Crippen LogP contribution in [0.25, 0.3) is 0 Å². The summed E-state index contributed by atoms with van der Waals surface area (Å²) in [7, 11) is 1.57. The van der Waals surface area contributed by atoms with E-state index >= 15 is 0 Å². The molecule has 0 aliphatic carbocycles. The topological polar surface area (TPSA) is 105 Å². The van der Waals surface area contributed by atoms with E-state index in [2.05, 4.69) is 19.2 Å². The average molecular weight is 774 g/mol. The number of carbonyl (C=O) groups excluding carboxylic acids is 1.